The van der Waals surface area contributed by atoms with Crippen molar-refractivity contribution in [1.82, 2.24) is 10.2 Å². The van der Waals surface area contributed by atoms with E-state index in [9.17, 15) is 0 Å². The Kier molecular flexibility index (Phi) is 6.43. The fraction of sp³-hybridized carbons (Fsp3) is 0.684. The van der Waals surface area contributed by atoms with Gasteiger partial charge in [0.2, 0.25) is 0 Å². The van der Waals surface area contributed by atoms with Crippen LogP contribution in [0.5, 0.6) is 0 Å². The fourth-order valence-corrected chi connectivity index (χ4v) is 3.73. The summed E-state index contributed by atoms with van der Waals surface area (Å²) >= 11 is 0. The molecule has 1 N–H and O–H groups in total. The molecule has 1 saturated heterocycles. The molecule has 1 aliphatic rings. The lowest BCUT2D eigenvalue weighted by Gasteiger charge is -2.37. The van der Waals surface area contributed by atoms with Crippen molar-refractivity contribution in [2.24, 2.45) is 0 Å². The summed E-state index contributed by atoms with van der Waals surface area (Å²) in [6.45, 7) is 15.7. The molecule has 0 radical (unpaired) electrons. The van der Waals surface area contributed by atoms with Crippen LogP contribution in [0.15, 0.2) is 30.3 Å². The standard InChI is InChI=1S/C19H34N2OSi/c1-19(2,3)23(4,5)22-14-12-18-11-13-21(16-20-18)15-17-9-7-6-8-10-17/h6-10,18,20H,11-16H2,1-5H3. The molecule has 2 rings (SSSR count). The maximum absolute atomic E-state index is 6.30. The molecule has 1 atom stereocenters. The minimum Gasteiger partial charge on any atom is -0.417 e. The summed E-state index contributed by atoms with van der Waals surface area (Å²) in [5.74, 6) is 0. The largest absolute Gasteiger partial charge is 0.417 e. The van der Waals surface area contributed by atoms with Crippen molar-refractivity contribution in [3.8, 4) is 0 Å². The van der Waals surface area contributed by atoms with Gasteiger partial charge in [-0.3, -0.25) is 4.90 Å². The lowest BCUT2D eigenvalue weighted by molar-refractivity contribution is 0.157. The molecule has 1 aromatic rings. The van der Waals surface area contributed by atoms with E-state index in [0.717, 1.165) is 26.2 Å². The third-order valence-electron chi connectivity index (χ3n) is 5.38. The Bertz CT molecular complexity index is 462. The van der Waals surface area contributed by atoms with Gasteiger partial charge in [-0.25, -0.2) is 0 Å². The molecule has 1 unspecified atom stereocenters. The van der Waals surface area contributed by atoms with E-state index in [0.29, 0.717) is 11.1 Å². The molecule has 0 aliphatic carbocycles. The highest BCUT2D eigenvalue weighted by Crippen LogP contribution is 2.36. The Hall–Kier alpha value is -0.683. The van der Waals surface area contributed by atoms with E-state index in [1.165, 1.54) is 18.5 Å². The first kappa shape index (κ1) is 18.7. The van der Waals surface area contributed by atoms with Gasteiger partial charge in [0.15, 0.2) is 8.32 Å². The van der Waals surface area contributed by atoms with E-state index in [4.69, 9.17) is 4.43 Å². The minimum atomic E-state index is -1.59. The van der Waals surface area contributed by atoms with Crippen LogP contribution in [0.25, 0.3) is 0 Å². The summed E-state index contributed by atoms with van der Waals surface area (Å²) in [5.41, 5.74) is 1.40. The van der Waals surface area contributed by atoms with Crippen molar-refractivity contribution in [2.45, 2.75) is 64.3 Å². The molecule has 23 heavy (non-hydrogen) atoms. The molecule has 1 heterocycles. The summed E-state index contributed by atoms with van der Waals surface area (Å²) in [6.07, 6.45) is 2.35. The van der Waals surface area contributed by atoms with Gasteiger partial charge >= 0.3 is 0 Å². The molecule has 0 amide bonds. The van der Waals surface area contributed by atoms with E-state index >= 15 is 0 Å². The van der Waals surface area contributed by atoms with Gasteiger partial charge in [-0.1, -0.05) is 51.1 Å². The number of nitrogens with one attached hydrogen (secondary N) is 1. The van der Waals surface area contributed by atoms with Gasteiger partial charge in [-0.2, -0.15) is 0 Å². The molecule has 0 bridgehead atoms. The number of rotatable bonds is 6. The zero-order valence-electron chi connectivity index (χ0n) is 15.6. The normalized spacial score (nSPS) is 20.7. The van der Waals surface area contributed by atoms with Crippen molar-refractivity contribution in [2.75, 3.05) is 19.8 Å². The van der Waals surface area contributed by atoms with E-state index in [2.05, 4.69) is 74.4 Å². The Morgan fingerprint density at radius 2 is 1.91 bits per heavy atom. The van der Waals surface area contributed by atoms with Crippen LogP contribution < -0.4 is 5.32 Å². The fourth-order valence-electron chi connectivity index (χ4n) is 2.67. The van der Waals surface area contributed by atoms with Gasteiger partial charge in [-0.15, -0.1) is 0 Å². The van der Waals surface area contributed by atoms with E-state index < -0.39 is 8.32 Å². The smallest absolute Gasteiger partial charge is 0.191 e. The molecule has 130 valence electrons. The monoisotopic (exact) mass is 334 g/mol. The zero-order chi connectivity index (χ0) is 16.9. The predicted octanol–water partition coefficient (Wildman–Crippen LogP) is 4.22. The van der Waals surface area contributed by atoms with Crippen LogP contribution in [0.2, 0.25) is 18.1 Å². The summed E-state index contributed by atoms with van der Waals surface area (Å²) in [7, 11) is -1.59. The Balaban J connectivity index is 1.67. The topological polar surface area (TPSA) is 24.5 Å². The van der Waals surface area contributed by atoms with Gasteiger partial charge < -0.3 is 9.74 Å². The maximum atomic E-state index is 6.30. The quantitative estimate of drug-likeness (QED) is 0.788. The Morgan fingerprint density at radius 1 is 1.22 bits per heavy atom. The molecule has 1 aromatic carbocycles. The van der Waals surface area contributed by atoms with Gasteiger partial charge in [-0.05, 0) is 36.5 Å². The van der Waals surface area contributed by atoms with Gasteiger partial charge in [0.25, 0.3) is 0 Å². The molecular formula is C19H34N2OSi. The zero-order valence-corrected chi connectivity index (χ0v) is 16.6. The average molecular weight is 335 g/mol. The average Bonchev–Trinajstić information content (AvgIpc) is 2.49. The molecule has 0 saturated carbocycles. The van der Waals surface area contributed by atoms with Gasteiger partial charge in [0, 0.05) is 32.4 Å². The number of nitrogens with zero attached hydrogens (tertiary/aromatic N) is 1. The number of hydrogen-bond donors (Lipinski definition) is 1. The van der Waals surface area contributed by atoms with Crippen LogP contribution >= 0.6 is 0 Å². The van der Waals surface area contributed by atoms with Crippen LogP contribution in [0.4, 0.5) is 0 Å². The first-order valence-corrected chi connectivity index (χ1v) is 11.8. The van der Waals surface area contributed by atoms with Crippen molar-refractivity contribution < 1.29 is 4.43 Å². The third kappa shape index (κ3) is 5.71. The van der Waals surface area contributed by atoms with E-state index in [-0.39, 0.29) is 0 Å². The highest BCUT2D eigenvalue weighted by atomic mass is 28.4. The minimum absolute atomic E-state index is 0.305. The van der Waals surface area contributed by atoms with Gasteiger partial charge in [0.05, 0.1) is 0 Å². The van der Waals surface area contributed by atoms with Crippen molar-refractivity contribution in [1.29, 1.82) is 0 Å². The Labute approximate surface area is 143 Å². The molecular weight excluding hydrogens is 300 g/mol. The molecule has 0 spiro atoms. The molecule has 1 aliphatic heterocycles. The highest BCUT2D eigenvalue weighted by Gasteiger charge is 2.37. The second-order valence-corrected chi connectivity index (χ2v) is 13.1. The number of benzene rings is 1. The second-order valence-electron chi connectivity index (χ2n) is 8.28. The summed E-state index contributed by atoms with van der Waals surface area (Å²) in [6, 6.07) is 11.3. The highest BCUT2D eigenvalue weighted by molar-refractivity contribution is 6.74. The van der Waals surface area contributed by atoms with Crippen LogP contribution in [-0.2, 0) is 11.0 Å². The maximum Gasteiger partial charge on any atom is 0.191 e. The van der Waals surface area contributed by atoms with Crippen molar-refractivity contribution in [3.63, 3.8) is 0 Å². The van der Waals surface area contributed by atoms with Crippen LogP contribution in [-0.4, -0.2) is 39.1 Å². The lowest BCUT2D eigenvalue weighted by Crippen LogP contribution is -2.48. The summed E-state index contributed by atoms with van der Waals surface area (Å²) in [4.78, 5) is 2.49. The first-order valence-electron chi connectivity index (χ1n) is 8.91. The predicted molar refractivity (Wildman–Crippen MR) is 101 cm³/mol. The second kappa shape index (κ2) is 7.93. The third-order valence-corrected chi connectivity index (χ3v) is 9.92. The van der Waals surface area contributed by atoms with Crippen LogP contribution in [0.3, 0.4) is 0 Å². The summed E-state index contributed by atoms with van der Waals surface area (Å²) in [5, 5.41) is 3.98. The SMILES string of the molecule is CC(C)(C)[Si](C)(C)OCCC1CCN(Cc2ccccc2)CN1. The van der Waals surface area contributed by atoms with E-state index in [1.807, 2.05) is 0 Å². The van der Waals surface area contributed by atoms with E-state index in [1.54, 1.807) is 0 Å². The molecule has 0 aromatic heterocycles. The van der Waals surface area contributed by atoms with Crippen molar-refractivity contribution >= 4 is 8.32 Å². The first-order chi connectivity index (χ1) is 10.8. The number of hydrogen-bond acceptors (Lipinski definition) is 3. The molecule has 3 nitrogen and oxygen atoms in total. The Morgan fingerprint density at radius 3 is 2.48 bits per heavy atom. The summed E-state index contributed by atoms with van der Waals surface area (Å²) < 4.78 is 6.30. The van der Waals surface area contributed by atoms with Crippen LogP contribution in [0, 0.1) is 0 Å². The van der Waals surface area contributed by atoms with Gasteiger partial charge in [0.1, 0.15) is 0 Å². The molecule has 1 fully saturated rings. The molecule has 4 heteroatoms. The van der Waals surface area contributed by atoms with Crippen molar-refractivity contribution in [3.05, 3.63) is 35.9 Å². The van der Waals surface area contributed by atoms with Crippen LogP contribution in [0.1, 0.15) is 39.2 Å². The lowest BCUT2D eigenvalue weighted by atomic mass is 10.1.